The third kappa shape index (κ3) is 2.66. The lowest BCUT2D eigenvalue weighted by Crippen LogP contribution is -2.08. The minimum absolute atomic E-state index is 0.234. The molecule has 1 N–H and O–H groups in total. The molecule has 0 aliphatic heterocycles. The van der Waals surface area contributed by atoms with Gasteiger partial charge in [0.2, 0.25) is 0 Å². The van der Waals surface area contributed by atoms with E-state index in [-0.39, 0.29) is 5.56 Å². The lowest BCUT2D eigenvalue weighted by atomic mass is 10.2. The van der Waals surface area contributed by atoms with Crippen LogP contribution in [0.1, 0.15) is 36.3 Å². The van der Waals surface area contributed by atoms with E-state index in [4.69, 9.17) is 4.74 Å². The molecule has 5 nitrogen and oxygen atoms in total. The summed E-state index contributed by atoms with van der Waals surface area (Å²) in [5.41, 5.74) is 1.67. The van der Waals surface area contributed by atoms with Crippen molar-refractivity contribution in [3.05, 3.63) is 41.7 Å². The second-order valence-electron chi connectivity index (χ2n) is 4.39. The number of nitrogens with zero attached hydrogens (tertiary/aromatic N) is 2. The molecule has 0 aliphatic rings. The summed E-state index contributed by atoms with van der Waals surface area (Å²) in [4.78, 5) is 11.2. The Labute approximate surface area is 117 Å². The van der Waals surface area contributed by atoms with E-state index in [2.05, 4.69) is 5.10 Å². The number of ether oxygens (including phenoxy) is 1. The Bertz CT molecular complexity index is 605. The maximum atomic E-state index is 11.2. The number of benzene rings is 1. The fourth-order valence-corrected chi connectivity index (χ4v) is 2.07. The molecule has 1 aromatic carbocycles. The molecule has 0 saturated carbocycles. The number of para-hydroxylation sites is 2. The van der Waals surface area contributed by atoms with Crippen molar-refractivity contribution >= 4 is 5.97 Å². The van der Waals surface area contributed by atoms with Gasteiger partial charge in [0.25, 0.3) is 0 Å². The number of hydrogen-bond acceptors (Lipinski definition) is 3. The summed E-state index contributed by atoms with van der Waals surface area (Å²) >= 11 is 0. The fraction of sp³-hybridized carbons (Fsp3) is 0.333. The molecular formula is C15H18N2O3. The fourth-order valence-electron chi connectivity index (χ4n) is 2.07. The Kier molecular flexibility index (Phi) is 4.40. The third-order valence-corrected chi connectivity index (χ3v) is 2.99. The van der Waals surface area contributed by atoms with Crippen molar-refractivity contribution in [1.82, 2.24) is 9.78 Å². The Morgan fingerprint density at radius 2 is 2.10 bits per heavy atom. The third-order valence-electron chi connectivity index (χ3n) is 2.99. The maximum Gasteiger partial charge on any atom is 0.339 e. The first-order chi connectivity index (χ1) is 9.69. The normalized spacial score (nSPS) is 10.5. The van der Waals surface area contributed by atoms with E-state index < -0.39 is 5.97 Å². The number of rotatable bonds is 6. The van der Waals surface area contributed by atoms with Crippen molar-refractivity contribution in [3.63, 3.8) is 0 Å². The van der Waals surface area contributed by atoms with Crippen molar-refractivity contribution in [3.8, 4) is 11.4 Å². The molecule has 0 saturated heterocycles. The predicted octanol–water partition coefficient (Wildman–Crippen LogP) is 2.92. The standard InChI is InChI=1S/C15H18N2O3/c1-3-9-20-14-8-6-5-7-13(14)17-12(4-2)11(10-16-17)15(18)19/h5-8,10H,3-4,9H2,1-2H3,(H,18,19). The highest BCUT2D eigenvalue weighted by atomic mass is 16.5. The van der Waals surface area contributed by atoms with E-state index in [1.165, 1.54) is 6.20 Å². The van der Waals surface area contributed by atoms with Crippen LogP contribution in [0.5, 0.6) is 5.75 Å². The van der Waals surface area contributed by atoms with Crippen molar-refractivity contribution < 1.29 is 14.6 Å². The van der Waals surface area contributed by atoms with Gasteiger partial charge in [0, 0.05) is 0 Å². The van der Waals surface area contributed by atoms with E-state index in [1.54, 1.807) is 4.68 Å². The number of carboxylic acids is 1. The van der Waals surface area contributed by atoms with Crippen LogP contribution in [0, 0.1) is 0 Å². The van der Waals surface area contributed by atoms with Crippen LogP contribution >= 0.6 is 0 Å². The number of hydrogen-bond donors (Lipinski definition) is 1. The summed E-state index contributed by atoms with van der Waals surface area (Å²) in [5, 5.41) is 13.4. The highest BCUT2D eigenvalue weighted by Crippen LogP contribution is 2.25. The van der Waals surface area contributed by atoms with Gasteiger partial charge in [-0.2, -0.15) is 5.10 Å². The van der Waals surface area contributed by atoms with E-state index in [0.29, 0.717) is 24.5 Å². The molecule has 0 fully saturated rings. The molecule has 0 unspecified atom stereocenters. The zero-order valence-electron chi connectivity index (χ0n) is 11.7. The Hall–Kier alpha value is -2.30. The predicted molar refractivity (Wildman–Crippen MR) is 75.7 cm³/mol. The highest BCUT2D eigenvalue weighted by molar-refractivity contribution is 5.88. The van der Waals surface area contributed by atoms with E-state index in [1.807, 2.05) is 38.1 Å². The molecular weight excluding hydrogens is 256 g/mol. The van der Waals surface area contributed by atoms with Crippen molar-refractivity contribution in [2.75, 3.05) is 6.61 Å². The zero-order valence-corrected chi connectivity index (χ0v) is 11.7. The molecule has 0 radical (unpaired) electrons. The van der Waals surface area contributed by atoms with Crippen LogP contribution in [0.4, 0.5) is 0 Å². The molecule has 2 aromatic rings. The summed E-state index contributed by atoms with van der Waals surface area (Å²) in [5.74, 6) is -0.246. The number of aromatic nitrogens is 2. The highest BCUT2D eigenvalue weighted by Gasteiger charge is 2.18. The van der Waals surface area contributed by atoms with Gasteiger partial charge in [0.15, 0.2) is 0 Å². The molecule has 0 amide bonds. The monoisotopic (exact) mass is 274 g/mol. The van der Waals surface area contributed by atoms with Crippen LogP contribution in [0.15, 0.2) is 30.5 Å². The summed E-state index contributed by atoms with van der Waals surface area (Å²) < 4.78 is 7.35. The Morgan fingerprint density at radius 1 is 1.35 bits per heavy atom. The van der Waals surface area contributed by atoms with Crippen LogP contribution in [0.25, 0.3) is 5.69 Å². The van der Waals surface area contributed by atoms with Gasteiger partial charge in [-0.05, 0) is 25.0 Å². The largest absolute Gasteiger partial charge is 0.491 e. The van der Waals surface area contributed by atoms with E-state index in [0.717, 1.165) is 12.1 Å². The maximum absolute atomic E-state index is 11.2. The summed E-state index contributed by atoms with van der Waals surface area (Å²) in [6.45, 7) is 4.57. The molecule has 0 spiro atoms. The molecule has 5 heteroatoms. The Morgan fingerprint density at radius 3 is 2.75 bits per heavy atom. The van der Waals surface area contributed by atoms with Gasteiger partial charge in [-0.25, -0.2) is 9.48 Å². The van der Waals surface area contributed by atoms with Crippen molar-refractivity contribution in [2.24, 2.45) is 0 Å². The molecule has 20 heavy (non-hydrogen) atoms. The minimum atomic E-state index is -0.958. The van der Waals surface area contributed by atoms with Gasteiger partial charge in [-0.1, -0.05) is 26.0 Å². The molecule has 1 heterocycles. The van der Waals surface area contributed by atoms with Crippen LogP contribution in [0.3, 0.4) is 0 Å². The SMILES string of the molecule is CCCOc1ccccc1-n1ncc(C(=O)O)c1CC. The van der Waals surface area contributed by atoms with Gasteiger partial charge in [0.05, 0.1) is 18.5 Å². The average molecular weight is 274 g/mol. The van der Waals surface area contributed by atoms with Crippen LogP contribution in [0.2, 0.25) is 0 Å². The molecule has 0 atom stereocenters. The van der Waals surface area contributed by atoms with Gasteiger partial charge < -0.3 is 9.84 Å². The van der Waals surface area contributed by atoms with Crippen molar-refractivity contribution in [2.45, 2.75) is 26.7 Å². The second-order valence-corrected chi connectivity index (χ2v) is 4.39. The molecule has 1 aromatic heterocycles. The first-order valence-corrected chi connectivity index (χ1v) is 6.71. The van der Waals surface area contributed by atoms with Gasteiger partial charge >= 0.3 is 5.97 Å². The second kappa shape index (κ2) is 6.23. The summed E-state index contributed by atoms with van der Waals surface area (Å²) in [6, 6.07) is 7.52. The van der Waals surface area contributed by atoms with Crippen molar-refractivity contribution in [1.29, 1.82) is 0 Å². The number of carbonyl (C=O) groups is 1. The zero-order chi connectivity index (χ0) is 14.5. The molecule has 106 valence electrons. The van der Waals surface area contributed by atoms with E-state index >= 15 is 0 Å². The van der Waals surface area contributed by atoms with E-state index in [9.17, 15) is 9.90 Å². The van der Waals surface area contributed by atoms with Crippen LogP contribution in [-0.2, 0) is 6.42 Å². The number of carboxylic acid groups (broad SMARTS) is 1. The molecule has 0 aliphatic carbocycles. The van der Waals surface area contributed by atoms with Gasteiger partial charge in [-0.3, -0.25) is 0 Å². The molecule has 2 rings (SSSR count). The Balaban J connectivity index is 2.48. The topological polar surface area (TPSA) is 64.4 Å². The lowest BCUT2D eigenvalue weighted by molar-refractivity contribution is 0.0695. The lowest BCUT2D eigenvalue weighted by Gasteiger charge is -2.13. The smallest absolute Gasteiger partial charge is 0.339 e. The summed E-state index contributed by atoms with van der Waals surface area (Å²) in [6.07, 6.45) is 2.88. The molecule has 0 bridgehead atoms. The van der Waals surface area contributed by atoms with Crippen LogP contribution < -0.4 is 4.74 Å². The average Bonchev–Trinajstić information content (AvgIpc) is 2.89. The number of aromatic carboxylic acids is 1. The van der Waals surface area contributed by atoms with Gasteiger partial charge in [0.1, 0.15) is 17.0 Å². The first kappa shape index (κ1) is 14.1. The van der Waals surface area contributed by atoms with Gasteiger partial charge in [-0.15, -0.1) is 0 Å². The van der Waals surface area contributed by atoms with Crippen LogP contribution in [-0.4, -0.2) is 27.5 Å². The minimum Gasteiger partial charge on any atom is -0.491 e. The summed E-state index contributed by atoms with van der Waals surface area (Å²) in [7, 11) is 0. The first-order valence-electron chi connectivity index (χ1n) is 6.71. The quantitative estimate of drug-likeness (QED) is 0.879.